The largest absolute Gasteiger partial charge is 0.505 e. The van der Waals surface area contributed by atoms with Gasteiger partial charge < -0.3 is 9.84 Å². The molecule has 1 fully saturated rings. The number of ether oxygens (including phenoxy) is 1. The van der Waals surface area contributed by atoms with Crippen molar-refractivity contribution in [1.82, 2.24) is 0 Å². The number of sulfonamides is 1. The minimum atomic E-state index is -3.49. The van der Waals surface area contributed by atoms with Crippen molar-refractivity contribution < 1.29 is 18.3 Å². The SMILES string of the molecule is O=S(=O)(Nc1cccc(Br)c1O)C1CCOCC1. The van der Waals surface area contributed by atoms with Gasteiger partial charge in [0, 0.05) is 13.2 Å². The maximum Gasteiger partial charge on any atom is 0.235 e. The number of anilines is 1. The zero-order chi connectivity index (χ0) is 13.2. The quantitative estimate of drug-likeness (QED) is 0.829. The van der Waals surface area contributed by atoms with Crippen LogP contribution in [0.2, 0.25) is 0 Å². The molecule has 2 N–H and O–H groups in total. The molecule has 1 aliphatic rings. The third-order valence-corrected chi connectivity index (χ3v) is 5.34. The Morgan fingerprint density at radius 1 is 1.33 bits per heavy atom. The van der Waals surface area contributed by atoms with E-state index in [1.807, 2.05) is 0 Å². The molecule has 0 unspecified atom stereocenters. The highest BCUT2D eigenvalue weighted by Crippen LogP contribution is 2.33. The Hall–Kier alpha value is -0.790. The zero-order valence-corrected chi connectivity index (χ0v) is 12.0. The summed E-state index contributed by atoms with van der Waals surface area (Å²) in [6.07, 6.45) is 0.953. The Labute approximate surface area is 114 Å². The first-order valence-electron chi connectivity index (χ1n) is 5.57. The lowest BCUT2D eigenvalue weighted by molar-refractivity contribution is 0.0984. The Bertz CT molecular complexity index is 526. The first-order chi connectivity index (χ1) is 8.50. The molecule has 18 heavy (non-hydrogen) atoms. The van der Waals surface area contributed by atoms with Gasteiger partial charge in [-0.05, 0) is 40.9 Å². The molecule has 1 saturated heterocycles. The topological polar surface area (TPSA) is 75.6 Å². The fourth-order valence-electron chi connectivity index (χ4n) is 1.82. The van der Waals surface area contributed by atoms with E-state index in [0.717, 1.165) is 0 Å². The number of hydrogen-bond donors (Lipinski definition) is 2. The normalized spacial score (nSPS) is 17.6. The van der Waals surface area contributed by atoms with Gasteiger partial charge in [-0.2, -0.15) is 0 Å². The highest BCUT2D eigenvalue weighted by atomic mass is 79.9. The van der Waals surface area contributed by atoms with Crippen molar-refractivity contribution in [1.29, 1.82) is 0 Å². The molecule has 5 nitrogen and oxygen atoms in total. The summed E-state index contributed by atoms with van der Waals surface area (Å²) in [6.45, 7) is 0.909. The van der Waals surface area contributed by atoms with E-state index < -0.39 is 15.3 Å². The second kappa shape index (κ2) is 5.46. The van der Waals surface area contributed by atoms with Crippen molar-refractivity contribution in [3.05, 3.63) is 22.7 Å². The Morgan fingerprint density at radius 2 is 2.00 bits per heavy atom. The van der Waals surface area contributed by atoms with Crippen LogP contribution in [-0.2, 0) is 14.8 Å². The second-order valence-corrected chi connectivity index (χ2v) is 6.91. The van der Waals surface area contributed by atoms with Crippen LogP contribution in [0.1, 0.15) is 12.8 Å². The number of halogens is 1. The van der Waals surface area contributed by atoms with Crippen LogP contribution in [-0.4, -0.2) is 32.0 Å². The number of phenolic OH excluding ortho intramolecular Hbond substituents is 1. The summed E-state index contributed by atoms with van der Waals surface area (Å²) >= 11 is 3.14. The van der Waals surface area contributed by atoms with Gasteiger partial charge in [0.1, 0.15) is 0 Å². The molecule has 0 saturated carbocycles. The number of aromatic hydroxyl groups is 1. The number of para-hydroxylation sites is 1. The Balaban J connectivity index is 2.19. The summed E-state index contributed by atoms with van der Waals surface area (Å²) in [5.41, 5.74) is 0.191. The predicted octanol–water partition coefficient (Wildman–Crippen LogP) is 2.08. The molecule has 0 spiro atoms. The van der Waals surface area contributed by atoms with Crippen LogP contribution >= 0.6 is 15.9 Å². The van der Waals surface area contributed by atoms with Gasteiger partial charge in [0.15, 0.2) is 5.75 Å². The molecule has 0 amide bonds. The third kappa shape index (κ3) is 2.96. The van der Waals surface area contributed by atoms with Crippen molar-refractivity contribution >= 4 is 31.6 Å². The van der Waals surface area contributed by atoms with Crippen LogP contribution in [0.4, 0.5) is 5.69 Å². The van der Waals surface area contributed by atoms with Gasteiger partial charge in [0.25, 0.3) is 0 Å². The van der Waals surface area contributed by atoms with E-state index in [2.05, 4.69) is 20.7 Å². The van der Waals surface area contributed by atoms with Gasteiger partial charge in [0.2, 0.25) is 10.0 Å². The van der Waals surface area contributed by atoms with E-state index >= 15 is 0 Å². The van der Waals surface area contributed by atoms with Crippen LogP contribution in [0.3, 0.4) is 0 Å². The summed E-state index contributed by atoms with van der Waals surface area (Å²) in [6, 6.07) is 4.82. The van der Waals surface area contributed by atoms with Gasteiger partial charge in [-0.1, -0.05) is 6.07 Å². The highest BCUT2D eigenvalue weighted by Gasteiger charge is 2.28. The maximum absolute atomic E-state index is 12.1. The number of rotatable bonds is 3. The first-order valence-corrected chi connectivity index (χ1v) is 7.91. The van der Waals surface area contributed by atoms with E-state index in [4.69, 9.17) is 4.74 Å². The molecule has 2 rings (SSSR count). The fraction of sp³-hybridized carbons (Fsp3) is 0.455. The fourth-order valence-corrected chi connectivity index (χ4v) is 3.64. The molecule has 1 aliphatic heterocycles. The molecule has 0 aliphatic carbocycles. The Morgan fingerprint density at radius 3 is 2.67 bits per heavy atom. The molecule has 0 bridgehead atoms. The first kappa shape index (κ1) is 13.6. The lowest BCUT2D eigenvalue weighted by Gasteiger charge is -2.23. The number of phenols is 1. The predicted molar refractivity (Wildman–Crippen MR) is 72.2 cm³/mol. The standard InChI is InChI=1S/C11H14BrNO4S/c12-9-2-1-3-10(11(9)14)13-18(15,16)8-4-6-17-7-5-8/h1-3,8,13-14H,4-7H2. The number of benzene rings is 1. The molecule has 1 aromatic carbocycles. The minimum Gasteiger partial charge on any atom is -0.505 e. The zero-order valence-electron chi connectivity index (χ0n) is 9.60. The van der Waals surface area contributed by atoms with Crippen molar-refractivity contribution in [2.75, 3.05) is 17.9 Å². The van der Waals surface area contributed by atoms with Crippen molar-refractivity contribution in [3.8, 4) is 5.75 Å². The summed E-state index contributed by atoms with van der Waals surface area (Å²) in [7, 11) is -3.49. The van der Waals surface area contributed by atoms with Gasteiger partial charge in [0.05, 0.1) is 15.4 Å². The molecule has 100 valence electrons. The molecular weight excluding hydrogens is 322 g/mol. The van der Waals surface area contributed by atoms with Crippen molar-refractivity contribution in [3.63, 3.8) is 0 Å². The monoisotopic (exact) mass is 335 g/mol. The van der Waals surface area contributed by atoms with E-state index in [0.29, 0.717) is 30.5 Å². The lowest BCUT2D eigenvalue weighted by atomic mass is 10.2. The molecule has 0 atom stereocenters. The summed E-state index contributed by atoms with van der Waals surface area (Å²) in [5, 5.41) is 9.29. The van der Waals surface area contributed by atoms with Gasteiger partial charge in [-0.15, -0.1) is 0 Å². The summed E-state index contributed by atoms with van der Waals surface area (Å²) < 4.78 is 32.3. The van der Waals surface area contributed by atoms with Crippen molar-refractivity contribution in [2.24, 2.45) is 0 Å². The van der Waals surface area contributed by atoms with Crippen LogP contribution < -0.4 is 4.72 Å². The average molecular weight is 336 g/mol. The van der Waals surface area contributed by atoms with Crippen LogP contribution in [0.5, 0.6) is 5.75 Å². The van der Waals surface area contributed by atoms with Crippen molar-refractivity contribution in [2.45, 2.75) is 18.1 Å². The highest BCUT2D eigenvalue weighted by molar-refractivity contribution is 9.10. The second-order valence-electron chi connectivity index (χ2n) is 4.09. The molecule has 0 aromatic heterocycles. The lowest BCUT2D eigenvalue weighted by Crippen LogP contribution is -2.33. The maximum atomic E-state index is 12.1. The molecule has 0 radical (unpaired) electrons. The van der Waals surface area contributed by atoms with E-state index in [-0.39, 0.29) is 11.4 Å². The minimum absolute atomic E-state index is 0.104. The molecule has 1 heterocycles. The van der Waals surface area contributed by atoms with Gasteiger partial charge in [-0.25, -0.2) is 8.42 Å². The number of nitrogens with one attached hydrogen (secondary N) is 1. The summed E-state index contributed by atoms with van der Waals surface area (Å²) in [5.74, 6) is -0.104. The number of hydrogen-bond acceptors (Lipinski definition) is 4. The average Bonchev–Trinajstić information content (AvgIpc) is 2.36. The summed E-state index contributed by atoms with van der Waals surface area (Å²) in [4.78, 5) is 0. The van der Waals surface area contributed by atoms with E-state index in [9.17, 15) is 13.5 Å². The molecular formula is C11H14BrNO4S. The molecule has 7 heteroatoms. The van der Waals surface area contributed by atoms with Crippen LogP contribution in [0.25, 0.3) is 0 Å². The van der Waals surface area contributed by atoms with Gasteiger partial charge >= 0.3 is 0 Å². The smallest absolute Gasteiger partial charge is 0.235 e. The third-order valence-electron chi connectivity index (χ3n) is 2.85. The molecule has 1 aromatic rings. The van der Waals surface area contributed by atoms with Crippen LogP contribution in [0, 0.1) is 0 Å². The van der Waals surface area contributed by atoms with E-state index in [1.165, 1.54) is 6.07 Å². The Kier molecular flexibility index (Phi) is 4.14. The van der Waals surface area contributed by atoms with Gasteiger partial charge in [-0.3, -0.25) is 4.72 Å². The van der Waals surface area contributed by atoms with Crippen LogP contribution in [0.15, 0.2) is 22.7 Å². The van der Waals surface area contributed by atoms with E-state index in [1.54, 1.807) is 12.1 Å².